The van der Waals surface area contributed by atoms with Crippen molar-refractivity contribution in [3.05, 3.63) is 0 Å². The molecule has 1 rings (SSSR count). The molecule has 0 saturated carbocycles. The Bertz CT molecular complexity index is 185. The Balaban J connectivity index is 1.88. The van der Waals surface area contributed by atoms with Gasteiger partial charge in [-0.05, 0) is 19.8 Å². The summed E-state index contributed by atoms with van der Waals surface area (Å²) in [6.45, 7) is 6.38. The summed E-state index contributed by atoms with van der Waals surface area (Å²) in [7, 11) is 0. The normalized spacial score (nSPS) is 23.7. The molecule has 3 nitrogen and oxygen atoms in total. The first-order chi connectivity index (χ1) is 8.86. The van der Waals surface area contributed by atoms with Gasteiger partial charge in [0.2, 0.25) is 0 Å². The van der Waals surface area contributed by atoms with Gasteiger partial charge in [0.1, 0.15) is 6.10 Å². The third-order valence-corrected chi connectivity index (χ3v) is 3.36. The SMILES string of the molecule is CCCCCCCCC[C@H]1OC[C@@H](COCC)O1. The van der Waals surface area contributed by atoms with Crippen molar-refractivity contribution >= 4 is 0 Å². The van der Waals surface area contributed by atoms with Crippen LogP contribution in [0.15, 0.2) is 0 Å². The van der Waals surface area contributed by atoms with Crippen LogP contribution in [-0.2, 0) is 14.2 Å². The Hall–Kier alpha value is -0.120. The molecule has 0 aromatic rings. The summed E-state index contributed by atoms with van der Waals surface area (Å²) >= 11 is 0. The van der Waals surface area contributed by atoms with E-state index >= 15 is 0 Å². The number of hydrogen-bond acceptors (Lipinski definition) is 3. The molecule has 1 fully saturated rings. The fourth-order valence-corrected chi connectivity index (χ4v) is 2.26. The molecule has 0 aromatic carbocycles. The molecule has 0 bridgehead atoms. The average molecular weight is 258 g/mol. The maximum atomic E-state index is 5.76. The third kappa shape index (κ3) is 7.34. The first kappa shape index (κ1) is 15.9. The summed E-state index contributed by atoms with van der Waals surface area (Å²) in [4.78, 5) is 0. The molecular weight excluding hydrogens is 228 g/mol. The van der Waals surface area contributed by atoms with Crippen molar-refractivity contribution in [1.82, 2.24) is 0 Å². The Kier molecular flexibility index (Phi) is 9.54. The van der Waals surface area contributed by atoms with E-state index in [9.17, 15) is 0 Å². The minimum absolute atomic E-state index is 0.0195. The molecule has 18 heavy (non-hydrogen) atoms. The second kappa shape index (κ2) is 10.8. The molecule has 0 radical (unpaired) electrons. The smallest absolute Gasteiger partial charge is 0.158 e. The fourth-order valence-electron chi connectivity index (χ4n) is 2.26. The van der Waals surface area contributed by atoms with Crippen LogP contribution in [0.2, 0.25) is 0 Å². The van der Waals surface area contributed by atoms with Crippen LogP contribution in [0.25, 0.3) is 0 Å². The molecule has 0 spiro atoms. The summed E-state index contributed by atoms with van der Waals surface area (Å²) < 4.78 is 16.7. The van der Waals surface area contributed by atoms with E-state index in [1.165, 1.54) is 44.9 Å². The van der Waals surface area contributed by atoms with Gasteiger partial charge < -0.3 is 14.2 Å². The standard InChI is InChI=1S/C15H30O3/c1-3-5-6-7-8-9-10-11-15-17-13-14(18-15)12-16-4-2/h14-15H,3-13H2,1-2H3/t14-,15+/m1/s1. The zero-order valence-electron chi connectivity index (χ0n) is 12.2. The number of rotatable bonds is 11. The van der Waals surface area contributed by atoms with Gasteiger partial charge in [0.15, 0.2) is 6.29 Å². The van der Waals surface area contributed by atoms with Gasteiger partial charge >= 0.3 is 0 Å². The van der Waals surface area contributed by atoms with Crippen molar-refractivity contribution in [2.75, 3.05) is 19.8 Å². The highest BCUT2D eigenvalue weighted by Gasteiger charge is 2.25. The van der Waals surface area contributed by atoms with E-state index in [0.29, 0.717) is 13.2 Å². The van der Waals surface area contributed by atoms with E-state index in [2.05, 4.69) is 6.92 Å². The van der Waals surface area contributed by atoms with Crippen LogP contribution in [0.3, 0.4) is 0 Å². The van der Waals surface area contributed by atoms with Gasteiger partial charge in [0.25, 0.3) is 0 Å². The van der Waals surface area contributed by atoms with E-state index in [1.54, 1.807) is 0 Å². The lowest BCUT2D eigenvalue weighted by Gasteiger charge is -2.11. The van der Waals surface area contributed by atoms with E-state index in [0.717, 1.165) is 13.0 Å². The Morgan fingerprint density at radius 1 is 1.00 bits per heavy atom. The molecule has 108 valence electrons. The van der Waals surface area contributed by atoms with Gasteiger partial charge in [-0.3, -0.25) is 0 Å². The average Bonchev–Trinajstić information content (AvgIpc) is 2.83. The molecule has 2 atom stereocenters. The Labute approximate surface area is 112 Å². The summed E-state index contributed by atoms with van der Waals surface area (Å²) in [6, 6.07) is 0. The van der Waals surface area contributed by atoms with Gasteiger partial charge in [-0.1, -0.05) is 45.4 Å². The molecule has 0 unspecified atom stereocenters. The van der Waals surface area contributed by atoms with Gasteiger partial charge in [0, 0.05) is 6.61 Å². The summed E-state index contributed by atoms with van der Waals surface area (Å²) in [5.74, 6) is 0. The van der Waals surface area contributed by atoms with Crippen molar-refractivity contribution in [2.45, 2.75) is 77.6 Å². The summed E-state index contributed by atoms with van der Waals surface area (Å²) in [6.07, 6.45) is 10.6. The lowest BCUT2D eigenvalue weighted by Crippen LogP contribution is -2.18. The van der Waals surface area contributed by atoms with E-state index in [1.807, 2.05) is 6.92 Å². The first-order valence-corrected chi connectivity index (χ1v) is 7.71. The molecule has 0 N–H and O–H groups in total. The predicted molar refractivity (Wildman–Crippen MR) is 73.7 cm³/mol. The van der Waals surface area contributed by atoms with Gasteiger partial charge in [-0.25, -0.2) is 0 Å². The number of hydrogen-bond donors (Lipinski definition) is 0. The monoisotopic (exact) mass is 258 g/mol. The molecule has 1 saturated heterocycles. The maximum Gasteiger partial charge on any atom is 0.158 e. The van der Waals surface area contributed by atoms with Crippen molar-refractivity contribution < 1.29 is 14.2 Å². The van der Waals surface area contributed by atoms with E-state index in [4.69, 9.17) is 14.2 Å². The van der Waals surface area contributed by atoms with Crippen LogP contribution in [0.5, 0.6) is 0 Å². The van der Waals surface area contributed by atoms with Gasteiger partial charge in [0.05, 0.1) is 13.2 Å². The van der Waals surface area contributed by atoms with Crippen LogP contribution in [-0.4, -0.2) is 32.2 Å². The molecule has 0 aliphatic carbocycles. The molecule has 0 aromatic heterocycles. The molecule has 0 amide bonds. The van der Waals surface area contributed by atoms with E-state index in [-0.39, 0.29) is 12.4 Å². The lowest BCUT2D eigenvalue weighted by molar-refractivity contribution is -0.0753. The van der Waals surface area contributed by atoms with Crippen LogP contribution >= 0.6 is 0 Å². The highest BCUT2D eigenvalue weighted by molar-refractivity contribution is 4.64. The zero-order chi connectivity index (χ0) is 13.1. The Morgan fingerprint density at radius 2 is 1.72 bits per heavy atom. The fraction of sp³-hybridized carbons (Fsp3) is 1.00. The largest absolute Gasteiger partial charge is 0.379 e. The second-order valence-electron chi connectivity index (χ2n) is 5.09. The maximum absolute atomic E-state index is 5.76. The highest BCUT2D eigenvalue weighted by Crippen LogP contribution is 2.18. The predicted octanol–water partition coefficient (Wildman–Crippen LogP) is 3.91. The molecule has 3 heteroatoms. The van der Waals surface area contributed by atoms with E-state index < -0.39 is 0 Å². The minimum atomic E-state index is 0.0195. The van der Waals surface area contributed by atoms with Gasteiger partial charge in [-0.2, -0.15) is 0 Å². The Morgan fingerprint density at radius 3 is 2.44 bits per heavy atom. The quantitative estimate of drug-likeness (QED) is 0.526. The van der Waals surface area contributed by atoms with Crippen LogP contribution in [0, 0.1) is 0 Å². The summed E-state index contributed by atoms with van der Waals surface area (Å²) in [5.41, 5.74) is 0. The second-order valence-corrected chi connectivity index (χ2v) is 5.09. The number of unbranched alkanes of at least 4 members (excludes halogenated alkanes) is 6. The summed E-state index contributed by atoms with van der Waals surface area (Å²) in [5, 5.41) is 0. The van der Waals surface area contributed by atoms with Crippen LogP contribution < -0.4 is 0 Å². The third-order valence-electron chi connectivity index (χ3n) is 3.36. The van der Waals surface area contributed by atoms with Crippen LogP contribution in [0.4, 0.5) is 0 Å². The topological polar surface area (TPSA) is 27.7 Å². The molecule has 1 aliphatic heterocycles. The molecule has 1 aliphatic rings. The van der Waals surface area contributed by atoms with Gasteiger partial charge in [-0.15, -0.1) is 0 Å². The van der Waals surface area contributed by atoms with Crippen molar-refractivity contribution in [1.29, 1.82) is 0 Å². The van der Waals surface area contributed by atoms with Crippen LogP contribution in [0.1, 0.15) is 65.2 Å². The first-order valence-electron chi connectivity index (χ1n) is 7.71. The molecular formula is C15H30O3. The molecule has 1 heterocycles. The zero-order valence-corrected chi connectivity index (χ0v) is 12.2. The minimum Gasteiger partial charge on any atom is -0.379 e. The number of ether oxygens (including phenoxy) is 3. The van der Waals surface area contributed by atoms with Crippen molar-refractivity contribution in [3.8, 4) is 0 Å². The lowest BCUT2D eigenvalue weighted by atomic mass is 10.1. The van der Waals surface area contributed by atoms with Crippen molar-refractivity contribution in [3.63, 3.8) is 0 Å². The highest BCUT2D eigenvalue weighted by atomic mass is 16.7. The van der Waals surface area contributed by atoms with Crippen molar-refractivity contribution in [2.24, 2.45) is 0 Å².